The molecule has 78 valence electrons. The highest BCUT2D eigenvalue weighted by Gasteiger charge is 2.34. The molecule has 0 bridgehead atoms. The molecule has 1 N–H and O–H groups in total. The Balaban J connectivity index is 0.00000144. The first kappa shape index (κ1) is 12.7. The van der Waals surface area contributed by atoms with Crippen molar-refractivity contribution in [3.63, 3.8) is 0 Å². The monoisotopic (exact) mass is 207 g/mol. The summed E-state index contributed by atoms with van der Waals surface area (Å²) in [6, 6.07) is 0.356. The second-order valence-electron chi connectivity index (χ2n) is 3.51. The van der Waals surface area contributed by atoms with Crippen LogP contribution in [0, 0.1) is 5.92 Å². The molecule has 1 heterocycles. The fraction of sp³-hybridized carbons (Fsp3) is 0.889. The minimum Gasteiger partial charge on any atom is -0.465 e. The SMILES string of the molecule is CCOC(=O)C1NC(C)CC1C.Cl. The molecule has 0 aromatic carbocycles. The molecule has 1 fully saturated rings. The van der Waals surface area contributed by atoms with Crippen LogP contribution in [-0.2, 0) is 9.53 Å². The van der Waals surface area contributed by atoms with E-state index in [1.165, 1.54) is 0 Å². The molecule has 0 aliphatic carbocycles. The minimum atomic E-state index is -0.102. The van der Waals surface area contributed by atoms with Crippen molar-refractivity contribution in [2.45, 2.75) is 39.3 Å². The third-order valence-corrected chi connectivity index (χ3v) is 2.30. The lowest BCUT2D eigenvalue weighted by Gasteiger charge is -2.13. The van der Waals surface area contributed by atoms with Gasteiger partial charge in [0, 0.05) is 6.04 Å². The van der Waals surface area contributed by atoms with Gasteiger partial charge >= 0.3 is 5.97 Å². The van der Waals surface area contributed by atoms with E-state index in [-0.39, 0.29) is 24.4 Å². The first-order chi connectivity index (χ1) is 5.65. The summed E-state index contributed by atoms with van der Waals surface area (Å²) >= 11 is 0. The summed E-state index contributed by atoms with van der Waals surface area (Å²) in [5, 5.41) is 3.21. The molecule has 1 rings (SSSR count). The lowest BCUT2D eigenvalue weighted by atomic mass is 10.0. The van der Waals surface area contributed by atoms with Crippen LogP contribution in [0.4, 0.5) is 0 Å². The second kappa shape index (κ2) is 5.45. The maximum Gasteiger partial charge on any atom is 0.323 e. The molecule has 0 aromatic heterocycles. The van der Waals surface area contributed by atoms with Gasteiger partial charge in [0.05, 0.1) is 6.61 Å². The molecule has 1 aliphatic rings. The van der Waals surface area contributed by atoms with Crippen molar-refractivity contribution < 1.29 is 9.53 Å². The zero-order valence-corrected chi connectivity index (χ0v) is 9.19. The van der Waals surface area contributed by atoms with E-state index in [2.05, 4.69) is 19.2 Å². The van der Waals surface area contributed by atoms with E-state index in [0.29, 0.717) is 18.6 Å². The Kier molecular flexibility index (Phi) is 5.33. The van der Waals surface area contributed by atoms with E-state index in [1.807, 2.05) is 6.92 Å². The summed E-state index contributed by atoms with van der Waals surface area (Å²) < 4.78 is 4.94. The predicted molar refractivity (Wildman–Crippen MR) is 54.0 cm³/mol. The number of hydrogen-bond donors (Lipinski definition) is 1. The quantitative estimate of drug-likeness (QED) is 0.695. The topological polar surface area (TPSA) is 38.3 Å². The van der Waals surface area contributed by atoms with Gasteiger partial charge in [0.2, 0.25) is 0 Å². The average Bonchev–Trinajstić information content (AvgIpc) is 2.30. The number of rotatable bonds is 2. The number of ether oxygens (including phenoxy) is 1. The normalized spacial score (nSPS) is 32.4. The second-order valence-corrected chi connectivity index (χ2v) is 3.51. The molecule has 0 saturated carbocycles. The maximum absolute atomic E-state index is 11.3. The standard InChI is InChI=1S/C9H17NO2.ClH/c1-4-12-9(11)8-6(2)5-7(3)10-8;/h6-8,10H,4-5H2,1-3H3;1H. The van der Waals surface area contributed by atoms with Gasteiger partial charge in [-0.15, -0.1) is 12.4 Å². The molecular weight excluding hydrogens is 190 g/mol. The first-order valence-electron chi connectivity index (χ1n) is 4.57. The molecule has 3 nitrogen and oxygen atoms in total. The van der Waals surface area contributed by atoms with E-state index in [4.69, 9.17) is 4.74 Å². The third kappa shape index (κ3) is 3.16. The van der Waals surface area contributed by atoms with Crippen LogP contribution in [0.5, 0.6) is 0 Å². The van der Waals surface area contributed by atoms with Crippen LogP contribution in [0.15, 0.2) is 0 Å². The molecule has 3 atom stereocenters. The van der Waals surface area contributed by atoms with Crippen molar-refractivity contribution >= 4 is 18.4 Å². The molecule has 0 radical (unpaired) electrons. The zero-order chi connectivity index (χ0) is 9.14. The fourth-order valence-corrected chi connectivity index (χ4v) is 1.76. The molecular formula is C9H18ClNO2. The van der Waals surface area contributed by atoms with Crippen molar-refractivity contribution in [3.8, 4) is 0 Å². The number of carbonyl (C=O) groups is 1. The lowest BCUT2D eigenvalue weighted by Crippen LogP contribution is -2.38. The van der Waals surface area contributed by atoms with Crippen LogP contribution in [-0.4, -0.2) is 24.7 Å². The smallest absolute Gasteiger partial charge is 0.323 e. The highest BCUT2D eigenvalue weighted by molar-refractivity contribution is 5.85. The van der Waals surface area contributed by atoms with Gasteiger partial charge in [0.25, 0.3) is 0 Å². The van der Waals surface area contributed by atoms with Crippen molar-refractivity contribution in [1.82, 2.24) is 5.32 Å². The number of halogens is 1. The molecule has 0 aromatic rings. The Labute approximate surface area is 85.6 Å². The summed E-state index contributed by atoms with van der Waals surface area (Å²) in [6.07, 6.45) is 1.06. The number of nitrogens with one attached hydrogen (secondary N) is 1. The molecule has 0 spiro atoms. The highest BCUT2D eigenvalue weighted by Crippen LogP contribution is 2.20. The number of carbonyl (C=O) groups excluding carboxylic acids is 1. The molecule has 0 amide bonds. The van der Waals surface area contributed by atoms with Crippen molar-refractivity contribution in [3.05, 3.63) is 0 Å². The summed E-state index contributed by atoms with van der Waals surface area (Å²) in [5.41, 5.74) is 0. The Morgan fingerprint density at radius 3 is 2.54 bits per heavy atom. The van der Waals surface area contributed by atoms with Crippen molar-refractivity contribution in [1.29, 1.82) is 0 Å². The summed E-state index contributed by atoms with van der Waals surface area (Å²) in [4.78, 5) is 11.3. The van der Waals surface area contributed by atoms with Gasteiger partial charge in [0.15, 0.2) is 0 Å². The van der Waals surface area contributed by atoms with Crippen LogP contribution in [0.2, 0.25) is 0 Å². The number of hydrogen-bond acceptors (Lipinski definition) is 3. The van der Waals surface area contributed by atoms with Crippen molar-refractivity contribution in [2.24, 2.45) is 5.92 Å². The fourth-order valence-electron chi connectivity index (χ4n) is 1.76. The summed E-state index contributed by atoms with van der Waals surface area (Å²) in [5.74, 6) is 0.299. The Morgan fingerprint density at radius 2 is 2.15 bits per heavy atom. The van der Waals surface area contributed by atoms with Crippen LogP contribution < -0.4 is 5.32 Å². The van der Waals surface area contributed by atoms with Crippen LogP contribution in [0.3, 0.4) is 0 Å². The van der Waals surface area contributed by atoms with Crippen LogP contribution in [0.1, 0.15) is 27.2 Å². The lowest BCUT2D eigenvalue weighted by molar-refractivity contribution is -0.146. The molecule has 13 heavy (non-hydrogen) atoms. The summed E-state index contributed by atoms with van der Waals surface area (Å²) in [7, 11) is 0. The van der Waals surface area contributed by atoms with Gasteiger partial charge in [-0.25, -0.2) is 0 Å². The zero-order valence-electron chi connectivity index (χ0n) is 8.37. The van der Waals surface area contributed by atoms with E-state index in [9.17, 15) is 4.79 Å². The van der Waals surface area contributed by atoms with Crippen LogP contribution >= 0.6 is 12.4 Å². The molecule has 4 heteroatoms. The first-order valence-corrected chi connectivity index (χ1v) is 4.57. The average molecular weight is 208 g/mol. The highest BCUT2D eigenvalue weighted by atomic mass is 35.5. The third-order valence-electron chi connectivity index (χ3n) is 2.30. The number of esters is 1. The molecule has 1 saturated heterocycles. The van der Waals surface area contributed by atoms with Gasteiger partial charge in [-0.2, -0.15) is 0 Å². The van der Waals surface area contributed by atoms with Gasteiger partial charge in [-0.05, 0) is 26.2 Å². The van der Waals surface area contributed by atoms with Gasteiger partial charge in [0.1, 0.15) is 6.04 Å². The largest absolute Gasteiger partial charge is 0.465 e. The maximum atomic E-state index is 11.3. The Hall–Kier alpha value is -0.280. The van der Waals surface area contributed by atoms with Crippen molar-refractivity contribution in [2.75, 3.05) is 6.61 Å². The summed E-state index contributed by atoms with van der Waals surface area (Å²) in [6.45, 7) is 6.48. The van der Waals surface area contributed by atoms with Gasteiger partial charge in [-0.3, -0.25) is 4.79 Å². The predicted octanol–water partition coefficient (Wildman–Crippen LogP) is 1.36. The van der Waals surface area contributed by atoms with E-state index in [1.54, 1.807) is 0 Å². The van der Waals surface area contributed by atoms with Crippen LogP contribution in [0.25, 0.3) is 0 Å². The molecule has 1 aliphatic heterocycles. The minimum absolute atomic E-state index is 0. The van der Waals surface area contributed by atoms with E-state index < -0.39 is 0 Å². The van der Waals surface area contributed by atoms with E-state index in [0.717, 1.165) is 6.42 Å². The Morgan fingerprint density at radius 1 is 1.54 bits per heavy atom. The van der Waals surface area contributed by atoms with Gasteiger partial charge in [-0.1, -0.05) is 6.92 Å². The van der Waals surface area contributed by atoms with E-state index >= 15 is 0 Å². The van der Waals surface area contributed by atoms with Gasteiger partial charge < -0.3 is 10.1 Å². The Bertz CT molecular complexity index is 175. The molecule has 3 unspecified atom stereocenters.